The van der Waals surface area contributed by atoms with Crippen molar-refractivity contribution >= 4 is 5.91 Å². The summed E-state index contributed by atoms with van der Waals surface area (Å²) in [5.41, 5.74) is 0. The topological polar surface area (TPSA) is 29.1 Å². The summed E-state index contributed by atoms with van der Waals surface area (Å²) < 4.78 is 25.1. The van der Waals surface area contributed by atoms with Gasteiger partial charge in [0, 0.05) is 12.5 Å². The van der Waals surface area contributed by atoms with Crippen LogP contribution in [0.1, 0.15) is 20.3 Å². The van der Waals surface area contributed by atoms with Crippen molar-refractivity contribution in [2.45, 2.75) is 32.2 Å². The van der Waals surface area contributed by atoms with Gasteiger partial charge in [-0.3, -0.25) is 4.79 Å². The fraction of sp³-hybridized carbons (Fsp3) is 0.857. The van der Waals surface area contributed by atoms with Gasteiger partial charge < -0.3 is 5.32 Å². The quantitative estimate of drug-likeness (QED) is 0.617. The van der Waals surface area contributed by atoms with E-state index in [9.17, 15) is 13.6 Å². The van der Waals surface area contributed by atoms with Crippen LogP contribution < -0.4 is 5.32 Å². The molecular weight excluding hydrogens is 152 g/mol. The van der Waals surface area contributed by atoms with Gasteiger partial charge in [-0.2, -0.15) is 8.78 Å². The van der Waals surface area contributed by atoms with Crippen LogP contribution in [0.3, 0.4) is 0 Å². The summed E-state index contributed by atoms with van der Waals surface area (Å²) in [5, 5.41) is 2.25. The van der Waals surface area contributed by atoms with E-state index in [0.29, 0.717) is 0 Å². The van der Waals surface area contributed by atoms with Crippen molar-refractivity contribution in [3.63, 3.8) is 0 Å². The molecule has 0 bridgehead atoms. The highest BCUT2D eigenvalue weighted by Crippen LogP contribution is 2.29. The van der Waals surface area contributed by atoms with Crippen LogP contribution in [-0.2, 0) is 4.79 Å². The van der Waals surface area contributed by atoms with Crippen molar-refractivity contribution in [1.29, 1.82) is 0 Å². The zero-order valence-corrected chi connectivity index (χ0v) is 6.53. The monoisotopic (exact) mass is 163 g/mol. The molecule has 1 fully saturated rings. The van der Waals surface area contributed by atoms with Crippen molar-refractivity contribution in [2.75, 3.05) is 0 Å². The van der Waals surface area contributed by atoms with Crippen LogP contribution in [0.5, 0.6) is 0 Å². The summed E-state index contributed by atoms with van der Waals surface area (Å²) in [6.45, 7) is 3.62. The van der Waals surface area contributed by atoms with Crippen LogP contribution in [0.2, 0.25) is 0 Å². The molecule has 11 heavy (non-hydrogen) atoms. The summed E-state index contributed by atoms with van der Waals surface area (Å²) >= 11 is 0. The number of amides is 1. The Morgan fingerprint density at radius 2 is 2.18 bits per heavy atom. The van der Waals surface area contributed by atoms with Gasteiger partial charge in [0.1, 0.15) is 0 Å². The number of halogens is 2. The summed E-state index contributed by atoms with van der Waals surface area (Å²) in [6, 6.07) is -0.363. The van der Waals surface area contributed by atoms with Gasteiger partial charge in [0.05, 0.1) is 0 Å². The molecule has 1 N–H and O–H groups in total. The maximum absolute atomic E-state index is 12.5. The lowest BCUT2D eigenvalue weighted by Crippen LogP contribution is -2.32. The Bertz CT molecular complexity index is 179. The lowest BCUT2D eigenvalue weighted by Gasteiger charge is -2.12. The van der Waals surface area contributed by atoms with Gasteiger partial charge >= 0.3 is 5.92 Å². The smallest absolute Gasteiger partial charge is 0.326 e. The molecule has 0 aromatic carbocycles. The lowest BCUT2D eigenvalue weighted by molar-refractivity contribution is -0.139. The molecule has 1 heterocycles. The molecular formula is C7H11F2NO. The highest BCUT2D eigenvalue weighted by atomic mass is 19.3. The molecule has 1 aliphatic heterocycles. The summed E-state index contributed by atoms with van der Waals surface area (Å²) in [6.07, 6.45) is -0.358. The van der Waals surface area contributed by atoms with Crippen LogP contribution >= 0.6 is 0 Å². The van der Waals surface area contributed by atoms with E-state index in [-0.39, 0.29) is 18.4 Å². The van der Waals surface area contributed by atoms with Crippen molar-refractivity contribution in [2.24, 2.45) is 5.92 Å². The molecule has 0 saturated carbocycles. The molecule has 4 heteroatoms. The van der Waals surface area contributed by atoms with Crippen molar-refractivity contribution in [3.8, 4) is 0 Å². The Morgan fingerprint density at radius 1 is 1.64 bits per heavy atom. The van der Waals surface area contributed by atoms with Crippen molar-refractivity contribution in [3.05, 3.63) is 0 Å². The third-order valence-corrected chi connectivity index (χ3v) is 1.93. The van der Waals surface area contributed by atoms with Gasteiger partial charge in [-0.1, -0.05) is 13.8 Å². The Labute approximate surface area is 64.0 Å². The van der Waals surface area contributed by atoms with Gasteiger partial charge in [-0.15, -0.1) is 0 Å². The van der Waals surface area contributed by atoms with E-state index in [1.807, 2.05) is 13.8 Å². The fourth-order valence-corrected chi connectivity index (χ4v) is 1.10. The average molecular weight is 163 g/mol. The number of hydrogen-bond acceptors (Lipinski definition) is 1. The van der Waals surface area contributed by atoms with Gasteiger partial charge in [0.15, 0.2) is 0 Å². The third kappa shape index (κ3) is 1.49. The molecule has 1 rings (SSSR count). The van der Waals surface area contributed by atoms with Crippen LogP contribution in [-0.4, -0.2) is 17.9 Å². The van der Waals surface area contributed by atoms with Gasteiger partial charge in [-0.05, 0) is 5.92 Å². The minimum atomic E-state index is -3.14. The Kier molecular flexibility index (Phi) is 1.86. The highest BCUT2D eigenvalue weighted by Gasteiger charge is 2.48. The van der Waals surface area contributed by atoms with E-state index >= 15 is 0 Å². The van der Waals surface area contributed by atoms with Gasteiger partial charge in [0.25, 0.3) is 5.91 Å². The summed E-state index contributed by atoms with van der Waals surface area (Å²) in [4.78, 5) is 10.5. The Balaban J connectivity index is 2.65. The molecule has 0 spiro atoms. The predicted octanol–water partition coefficient (Wildman–Crippen LogP) is 1.17. The Hall–Kier alpha value is -0.670. The normalized spacial score (nSPS) is 29.2. The van der Waals surface area contributed by atoms with Crippen LogP contribution in [0.15, 0.2) is 0 Å². The maximum Gasteiger partial charge on any atom is 0.326 e. The zero-order valence-electron chi connectivity index (χ0n) is 6.53. The maximum atomic E-state index is 12.5. The van der Waals surface area contributed by atoms with Crippen LogP contribution in [0, 0.1) is 5.92 Å². The zero-order chi connectivity index (χ0) is 8.65. The van der Waals surface area contributed by atoms with E-state index in [1.165, 1.54) is 0 Å². The predicted molar refractivity (Wildman–Crippen MR) is 36.3 cm³/mol. The summed E-state index contributed by atoms with van der Waals surface area (Å²) in [7, 11) is 0. The molecule has 0 aromatic rings. The van der Waals surface area contributed by atoms with Crippen molar-refractivity contribution in [1.82, 2.24) is 5.32 Å². The Morgan fingerprint density at radius 3 is 2.36 bits per heavy atom. The molecule has 1 atom stereocenters. The van der Waals surface area contributed by atoms with E-state index < -0.39 is 11.8 Å². The first-order chi connectivity index (χ1) is 4.93. The van der Waals surface area contributed by atoms with Crippen LogP contribution in [0.25, 0.3) is 0 Å². The first-order valence-electron chi connectivity index (χ1n) is 3.62. The van der Waals surface area contributed by atoms with Crippen molar-refractivity contribution < 1.29 is 13.6 Å². The second-order valence-corrected chi connectivity index (χ2v) is 3.23. The molecule has 1 aliphatic rings. The summed E-state index contributed by atoms with van der Waals surface area (Å²) in [5.74, 6) is -4.20. The molecule has 0 aliphatic carbocycles. The van der Waals surface area contributed by atoms with E-state index in [2.05, 4.69) is 5.32 Å². The second-order valence-electron chi connectivity index (χ2n) is 3.23. The molecule has 64 valence electrons. The first-order valence-corrected chi connectivity index (χ1v) is 3.62. The number of carbonyl (C=O) groups is 1. The number of alkyl halides is 2. The minimum absolute atomic E-state index is 0.0762. The first kappa shape index (κ1) is 8.43. The number of carbonyl (C=O) groups excluding carboxylic acids is 1. The number of hydrogen-bond donors (Lipinski definition) is 1. The van der Waals surface area contributed by atoms with E-state index in [0.717, 1.165) is 0 Å². The molecule has 0 aromatic heterocycles. The molecule has 1 amide bonds. The van der Waals surface area contributed by atoms with Gasteiger partial charge in [-0.25, -0.2) is 0 Å². The largest absolute Gasteiger partial charge is 0.348 e. The molecule has 1 saturated heterocycles. The molecule has 0 unspecified atom stereocenters. The van der Waals surface area contributed by atoms with E-state index in [1.54, 1.807) is 0 Å². The SMILES string of the molecule is CC(C)[C@@H]1CC(F)(F)C(=O)N1. The number of rotatable bonds is 1. The second kappa shape index (κ2) is 2.43. The lowest BCUT2D eigenvalue weighted by atomic mass is 10.0. The average Bonchev–Trinajstić information content (AvgIpc) is 2.08. The highest BCUT2D eigenvalue weighted by molar-refractivity contribution is 5.86. The fourth-order valence-electron chi connectivity index (χ4n) is 1.10. The number of nitrogens with one attached hydrogen (secondary N) is 1. The van der Waals surface area contributed by atoms with Gasteiger partial charge in [0.2, 0.25) is 0 Å². The minimum Gasteiger partial charge on any atom is -0.348 e. The standard InChI is InChI=1S/C7H11F2NO/c1-4(2)5-3-7(8,9)6(11)10-5/h4-5H,3H2,1-2H3,(H,10,11)/t5-/m0/s1. The molecule has 0 radical (unpaired) electrons. The van der Waals surface area contributed by atoms with E-state index in [4.69, 9.17) is 0 Å². The van der Waals surface area contributed by atoms with Crippen LogP contribution in [0.4, 0.5) is 8.78 Å². The third-order valence-electron chi connectivity index (χ3n) is 1.93. The molecule has 2 nitrogen and oxygen atoms in total.